The largest absolute Gasteiger partial charge is 0.467 e. The minimum Gasteiger partial charge on any atom is -0.467 e. The summed E-state index contributed by atoms with van der Waals surface area (Å²) in [6.07, 6.45) is 2.10. The van der Waals surface area contributed by atoms with Crippen LogP contribution in [0.25, 0.3) is 11.4 Å². The SMILES string of the molecule is Cc1cc(OCC(=O)N2CCCC2)nc(-c2ccc(F)cc2)n1. The van der Waals surface area contributed by atoms with Crippen molar-refractivity contribution in [3.05, 3.63) is 41.8 Å². The average Bonchev–Trinajstić information content (AvgIpc) is 3.07. The molecule has 1 aromatic carbocycles. The fourth-order valence-corrected chi connectivity index (χ4v) is 2.54. The predicted molar refractivity (Wildman–Crippen MR) is 83.5 cm³/mol. The highest BCUT2D eigenvalue weighted by atomic mass is 19.1. The number of ether oxygens (including phenoxy) is 1. The highest BCUT2D eigenvalue weighted by Gasteiger charge is 2.18. The molecule has 1 amide bonds. The maximum Gasteiger partial charge on any atom is 0.260 e. The van der Waals surface area contributed by atoms with E-state index in [9.17, 15) is 9.18 Å². The lowest BCUT2D eigenvalue weighted by molar-refractivity contribution is -0.132. The third-order valence-electron chi connectivity index (χ3n) is 3.74. The Kier molecular flexibility index (Phi) is 4.50. The molecule has 23 heavy (non-hydrogen) atoms. The van der Waals surface area contributed by atoms with E-state index >= 15 is 0 Å². The van der Waals surface area contributed by atoms with Crippen LogP contribution in [0.3, 0.4) is 0 Å². The molecule has 0 atom stereocenters. The van der Waals surface area contributed by atoms with Gasteiger partial charge in [0.2, 0.25) is 5.88 Å². The monoisotopic (exact) mass is 315 g/mol. The van der Waals surface area contributed by atoms with Crippen molar-refractivity contribution in [1.29, 1.82) is 0 Å². The summed E-state index contributed by atoms with van der Waals surface area (Å²) in [7, 11) is 0. The van der Waals surface area contributed by atoms with Crippen molar-refractivity contribution < 1.29 is 13.9 Å². The molecular weight excluding hydrogens is 297 g/mol. The summed E-state index contributed by atoms with van der Waals surface area (Å²) in [6, 6.07) is 7.63. The Morgan fingerprint density at radius 2 is 1.91 bits per heavy atom. The molecule has 0 radical (unpaired) electrons. The molecule has 0 spiro atoms. The molecule has 0 unspecified atom stereocenters. The van der Waals surface area contributed by atoms with E-state index in [1.165, 1.54) is 12.1 Å². The number of hydrogen-bond acceptors (Lipinski definition) is 4. The number of halogens is 1. The molecule has 1 saturated heterocycles. The van der Waals surface area contributed by atoms with E-state index in [1.807, 2.05) is 6.92 Å². The second kappa shape index (κ2) is 6.73. The van der Waals surface area contributed by atoms with Gasteiger partial charge in [-0.25, -0.2) is 9.37 Å². The minimum absolute atomic E-state index is 0.0258. The van der Waals surface area contributed by atoms with Crippen LogP contribution in [-0.2, 0) is 4.79 Å². The summed E-state index contributed by atoms with van der Waals surface area (Å²) in [4.78, 5) is 22.4. The lowest BCUT2D eigenvalue weighted by Gasteiger charge is -2.15. The normalized spacial score (nSPS) is 14.1. The quantitative estimate of drug-likeness (QED) is 0.870. The zero-order valence-corrected chi connectivity index (χ0v) is 13.0. The van der Waals surface area contributed by atoms with Gasteiger partial charge < -0.3 is 9.64 Å². The number of rotatable bonds is 4. The van der Waals surface area contributed by atoms with Crippen LogP contribution in [0.1, 0.15) is 18.5 Å². The molecule has 1 aliphatic heterocycles. The standard InChI is InChI=1S/C17H18FN3O2/c1-12-10-15(23-11-16(22)21-8-2-3-9-21)20-17(19-12)13-4-6-14(18)7-5-13/h4-7,10H,2-3,8-9,11H2,1H3. The van der Waals surface area contributed by atoms with Crippen molar-refractivity contribution in [2.45, 2.75) is 19.8 Å². The van der Waals surface area contributed by atoms with Crippen LogP contribution in [0.5, 0.6) is 5.88 Å². The van der Waals surface area contributed by atoms with Gasteiger partial charge in [-0.1, -0.05) is 0 Å². The Hall–Kier alpha value is -2.50. The van der Waals surface area contributed by atoms with Gasteiger partial charge in [0, 0.05) is 30.4 Å². The van der Waals surface area contributed by atoms with Gasteiger partial charge in [-0.2, -0.15) is 4.98 Å². The van der Waals surface area contributed by atoms with Gasteiger partial charge in [-0.15, -0.1) is 0 Å². The van der Waals surface area contributed by atoms with Crippen LogP contribution in [0, 0.1) is 12.7 Å². The van der Waals surface area contributed by atoms with Crippen molar-refractivity contribution >= 4 is 5.91 Å². The fraction of sp³-hybridized carbons (Fsp3) is 0.353. The first-order chi connectivity index (χ1) is 11.1. The molecule has 120 valence electrons. The first kappa shape index (κ1) is 15.4. The summed E-state index contributed by atoms with van der Waals surface area (Å²) in [5.74, 6) is 0.467. The molecule has 0 N–H and O–H groups in total. The molecule has 1 fully saturated rings. The van der Waals surface area contributed by atoms with E-state index in [4.69, 9.17) is 4.74 Å². The Morgan fingerprint density at radius 3 is 2.61 bits per heavy atom. The molecule has 6 heteroatoms. The Balaban J connectivity index is 1.72. The zero-order chi connectivity index (χ0) is 16.2. The lowest BCUT2D eigenvalue weighted by atomic mass is 10.2. The third-order valence-corrected chi connectivity index (χ3v) is 3.74. The van der Waals surface area contributed by atoms with Crippen LogP contribution >= 0.6 is 0 Å². The van der Waals surface area contributed by atoms with Crippen molar-refractivity contribution in [2.75, 3.05) is 19.7 Å². The van der Waals surface area contributed by atoms with Crippen molar-refractivity contribution in [1.82, 2.24) is 14.9 Å². The first-order valence-corrected chi connectivity index (χ1v) is 7.64. The Labute approximate surface area is 134 Å². The van der Waals surface area contributed by atoms with Crippen LogP contribution in [0.4, 0.5) is 4.39 Å². The van der Waals surface area contributed by atoms with Gasteiger partial charge in [0.05, 0.1) is 0 Å². The third kappa shape index (κ3) is 3.83. The highest BCUT2D eigenvalue weighted by Crippen LogP contribution is 2.19. The maximum absolute atomic E-state index is 13.0. The van der Waals surface area contributed by atoms with Crippen LogP contribution in [0.2, 0.25) is 0 Å². The maximum atomic E-state index is 13.0. The number of amides is 1. The van der Waals surface area contributed by atoms with Crippen LogP contribution < -0.4 is 4.74 Å². The number of benzene rings is 1. The molecule has 0 bridgehead atoms. The van der Waals surface area contributed by atoms with Gasteiger partial charge in [0.15, 0.2) is 12.4 Å². The first-order valence-electron chi connectivity index (χ1n) is 7.64. The summed E-state index contributed by atoms with van der Waals surface area (Å²) >= 11 is 0. The summed E-state index contributed by atoms with van der Waals surface area (Å²) in [6.45, 7) is 3.39. The molecule has 5 nitrogen and oxygen atoms in total. The van der Waals surface area contributed by atoms with E-state index in [0.717, 1.165) is 31.6 Å². The van der Waals surface area contributed by atoms with Crippen molar-refractivity contribution in [2.24, 2.45) is 0 Å². The van der Waals surface area contributed by atoms with Gasteiger partial charge in [-0.3, -0.25) is 4.79 Å². The topological polar surface area (TPSA) is 55.3 Å². The summed E-state index contributed by atoms with van der Waals surface area (Å²) in [5.41, 5.74) is 1.42. The van der Waals surface area contributed by atoms with Crippen LogP contribution in [-0.4, -0.2) is 40.5 Å². The average molecular weight is 315 g/mol. The molecule has 1 aromatic heterocycles. The smallest absolute Gasteiger partial charge is 0.260 e. The van der Waals surface area contributed by atoms with Gasteiger partial charge >= 0.3 is 0 Å². The Bertz CT molecular complexity index is 697. The number of aromatic nitrogens is 2. The summed E-state index contributed by atoms with van der Waals surface area (Å²) in [5, 5.41) is 0. The number of carbonyl (C=O) groups is 1. The van der Waals surface area contributed by atoms with E-state index in [-0.39, 0.29) is 18.3 Å². The second-order valence-corrected chi connectivity index (χ2v) is 5.55. The zero-order valence-electron chi connectivity index (χ0n) is 13.0. The number of likely N-dealkylation sites (tertiary alicyclic amines) is 1. The highest BCUT2D eigenvalue weighted by molar-refractivity contribution is 5.78. The Morgan fingerprint density at radius 1 is 1.22 bits per heavy atom. The van der Waals surface area contributed by atoms with E-state index in [1.54, 1.807) is 23.1 Å². The molecule has 0 aliphatic carbocycles. The minimum atomic E-state index is -0.311. The molecule has 2 heterocycles. The molecule has 3 rings (SSSR count). The number of carbonyl (C=O) groups excluding carboxylic acids is 1. The van der Waals surface area contributed by atoms with E-state index < -0.39 is 0 Å². The van der Waals surface area contributed by atoms with Gasteiger partial charge in [0.1, 0.15) is 5.82 Å². The number of hydrogen-bond donors (Lipinski definition) is 0. The molecule has 1 aliphatic rings. The number of aryl methyl sites for hydroxylation is 1. The van der Waals surface area contributed by atoms with Crippen molar-refractivity contribution in [3.8, 4) is 17.3 Å². The second-order valence-electron chi connectivity index (χ2n) is 5.55. The van der Waals surface area contributed by atoms with Gasteiger partial charge in [0.25, 0.3) is 5.91 Å². The summed E-state index contributed by atoms with van der Waals surface area (Å²) < 4.78 is 18.5. The van der Waals surface area contributed by atoms with E-state index in [2.05, 4.69) is 9.97 Å². The number of nitrogens with zero attached hydrogens (tertiary/aromatic N) is 3. The van der Waals surface area contributed by atoms with Crippen LogP contribution in [0.15, 0.2) is 30.3 Å². The van der Waals surface area contributed by atoms with E-state index in [0.29, 0.717) is 17.3 Å². The fourth-order valence-electron chi connectivity index (χ4n) is 2.54. The van der Waals surface area contributed by atoms with Gasteiger partial charge in [-0.05, 0) is 44.0 Å². The predicted octanol–water partition coefficient (Wildman–Crippen LogP) is 2.59. The molecule has 0 saturated carbocycles. The van der Waals surface area contributed by atoms with Crippen molar-refractivity contribution in [3.63, 3.8) is 0 Å². The molecular formula is C17H18FN3O2. The lowest BCUT2D eigenvalue weighted by Crippen LogP contribution is -2.32. The molecule has 2 aromatic rings.